The van der Waals surface area contributed by atoms with Crippen molar-refractivity contribution >= 4 is 0 Å². The molecular weight excluding hydrogens is 148 g/mol. The second-order valence-corrected chi connectivity index (χ2v) is 3.83. The predicted octanol–water partition coefficient (Wildman–Crippen LogP) is 1.48. The van der Waals surface area contributed by atoms with Crippen LogP contribution in [-0.4, -0.2) is 26.7 Å². The Hall–Kier alpha value is -0.0800. The fourth-order valence-electron chi connectivity index (χ4n) is 1.14. The van der Waals surface area contributed by atoms with Crippen LogP contribution in [0.5, 0.6) is 0 Å². The van der Waals surface area contributed by atoms with Gasteiger partial charge in [0.05, 0.1) is 0 Å². The lowest BCUT2D eigenvalue weighted by Gasteiger charge is -2.14. The summed E-state index contributed by atoms with van der Waals surface area (Å²) in [5.74, 6) is 1.55. The molecule has 0 amide bonds. The van der Waals surface area contributed by atoms with Gasteiger partial charge in [0, 0.05) is 0 Å². The summed E-state index contributed by atoms with van der Waals surface area (Å²) in [6, 6.07) is 0. The van der Waals surface area contributed by atoms with Crippen molar-refractivity contribution in [3.8, 4) is 0 Å². The van der Waals surface area contributed by atoms with Gasteiger partial charge in [-0.1, -0.05) is 27.2 Å². The summed E-state index contributed by atoms with van der Waals surface area (Å²) in [4.78, 5) is 0. The van der Waals surface area contributed by atoms with E-state index in [2.05, 4.69) is 31.4 Å². The third-order valence-electron chi connectivity index (χ3n) is 2.24. The normalized spacial score (nSPS) is 16.0. The molecular formula is C10H24N2. The molecule has 0 radical (unpaired) electrons. The molecule has 74 valence electrons. The van der Waals surface area contributed by atoms with Crippen LogP contribution in [-0.2, 0) is 0 Å². The van der Waals surface area contributed by atoms with Gasteiger partial charge < -0.3 is 10.6 Å². The highest BCUT2D eigenvalue weighted by atomic mass is 14.9. The largest absolute Gasteiger partial charge is 0.319 e. The first-order chi connectivity index (χ1) is 5.70. The fraction of sp³-hybridized carbons (Fsp3) is 1.00. The van der Waals surface area contributed by atoms with Crippen LogP contribution in [0.4, 0.5) is 0 Å². The topological polar surface area (TPSA) is 24.1 Å². The lowest BCUT2D eigenvalue weighted by Crippen LogP contribution is -2.30. The van der Waals surface area contributed by atoms with Gasteiger partial charge in [-0.2, -0.15) is 0 Å². The van der Waals surface area contributed by atoms with E-state index >= 15 is 0 Å². The molecule has 0 fully saturated rings. The highest BCUT2D eigenvalue weighted by Crippen LogP contribution is 1.97. The molecule has 0 saturated carbocycles. The summed E-state index contributed by atoms with van der Waals surface area (Å²) in [7, 11) is 2.01. The van der Waals surface area contributed by atoms with Crippen LogP contribution in [0.15, 0.2) is 0 Å². The molecule has 0 aliphatic heterocycles. The van der Waals surface area contributed by atoms with Gasteiger partial charge in [0.15, 0.2) is 0 Å². The van der Waals surface area contributed by atoms with E-state index in [1.54, 1.807) is 0 Å². The number of nitrogens with one attached hydrogen (secondary N) is 2. The summed E-state index contributed by atoms with van der Waals surface area (Å²) >= 11 is 0. The molecule has 2 unspecified atom stereocenters. The van der Waals surface area contributed by atoms with E-state index in [-0.39, 0.29) is 0 Å². The molecule has 0 aromatic rings. The Morgan fingerprint density at radius 1 is 1.00 bits per heavy atom. The second kappa shape index (κ2) is 7.56. The summed E-state index contributed by atoms with van der Waals surface area (Å²) in [6.45, 7) is 10.2. The maximum atomic E-state index is 3.48. The van der Waals surface area contributed by atoms with Crippen molar-refractivity contribution in [2.45, 2.75) is 27.2 Å². The average molecular weight is 172 g/mol. The smallest absolute Gasteiger partial charge is 0.00109 e. The van der Waals surface area contributed by atoms with Crippen molar-refractivity contribution in [1.82, 2.24) is 10.6 Å². The average Bonchev–Trinajstić information content (AvgIpc) is 2.04. The summed E-state index contributed by atoms with van der Waals surface area (Å²) in [5.41, 5.74) is 0. The minimum Gasteiger partial charge on any atom is -0.319 e. The molecule has 2 heteroatoms. The van der Waals surface area contributed by atoms with E-state index in [4.69, 9.17) is 0 Å². The van der Waals surface area contributed by atoms with E-state index in [1.165, 1.54) is 6.42 Å². The molecule has 0 aromatic carbocycles. The third kappa shape index (κ3) is 6.62. The number of rotatable bonds is 7. The summed E-state index contributed by atoms with van der Waals surface area (Å²) in [6.07, 6.45) is 1.27. The van der Waals surface area contributed by atoms with Gasteiger partial charge >= 0.3 is 0 Å². The molecule has 0 aliphatic rings. The zero-order valence-electron chi connectivity index (χ0n) is 8.98. The lowest BCUT2D eigenvalue weighted by atomic mass is 10.1. The van der Waals surface area contributed by atoms with Crippen molar-refractivity contribution in [2.24, 2.45) is 11.8 Å². The molecule has 0 saturated heterocycles. The molecule has 12 heavy (non-hydrogen) atoms. The third-order valence-corrected chi connectivity index (χ3v) is 2.24. The van der Waals surface area contributed by atoms with E-state index in [1.807, 2.05) is 7.05 Å². The molecule has 0 spiro atoms. The zero-order valence-corrected chi connectivity index (χ0v) is 8.98. The van der Waals surface area contributed by atoms with E-state index in [9.17, 15) is 0 Å². The van der Waals surface area contributed by atoms with Gasteiger partial charge in [-0.05, 0) is 38.5 Å². The van der Waals surface area contributed by atoms with Crippen LogP contribution in [0.1, 0.15) is 27.2 Å². The van der Waals surface area contributed by atoms with E-state index < -0.39 is 0 Å². The van der Waals surface area contributed by atoms with Crippen LogP contribution >= 0.6 is 0 Å². The predicted molar refractivity (Wildman–Crippen MR) is 55.4 cm³/mol. The van der Waals surface area contributed by atoms with E-state index in [0.29, 0.717) is 0 Å². The fourth-order valence-corrected chi connectivity index (χ4v) is 1.14. The van der Waals surface area contributed by atoms with Gasteiger partial charge in [-0.15, -0.1) is 0 Å². The van der Waals surface area contributed by atoms with Crippen molar-refractivity contribution in [3.63, 3.8) is 0 Å². The van der Waals surface area contributed by atoms with Crippen LogP contribution in [0.25, 0.3) is 0 Å². The zero-order chi connectivity index (χ0) is 9.40. The van der Waals surface area contributed by atoms with Crippen LogP contribution in [0, 0.1) is 11.8 Å². The standard InChI is InChI=1S/C10H24N2/c1-5-9(2)7-12-8-10(3)6-11-4/h9-12H,5-8H2,1-4H3. The van der Waals surface area contributed by atoms with Crippen molar-refractivity contribution in [2.75, 3.05) is 26.7 Å². The first-order valence-corrected chi connectivity index (χ1v) is 5.06. The molecule has 2 nitrogen and oxygen atoms in total. The Morgan fingerprint density at radius 3 is 2.08 bits per heavy atom. The van der Waals surface area contributed by atoms with Gasteiger partial charge in [0.25, 0.3) is 0 Å². The lowest BCUT2D eigenvalue weighted by molar-refractivity contribution is 0.443. The molecule has 0 heterocycles. The Bertz CT molecular complexity index is 93.8. The molecule has 0 aliphatic carbocycles. The van der Waals surface area contributed by atoms with Crippen LogP contribution < -0.4 is 10.6 Å². The van der Waals surface area contributed by atoms with Gasteiger partial charge in [0.2, 0.25) is 0 Å². The van der Waals surface area contributed by atoms with Crippen LogP contribution in [0.2, 0.25) is 0 Å². The molecule has 0 rings (SSSR count). The molecule has 0 aromatic heterocycles. The Kier molecular flexibility index (Phi) is 7.51. The highest BCUT2D eigenvalue weighted by molar-refractivity contribution is 4.60. The highest BCUT2D eigenvalue weighted by Gasteiger charge is 2.01. The number of hydrogen-bond acceptors (Lipinski definition) is 2. The first kappa shape index (κ1) is 11.9. The minimum atomic E-state index is 0.735. The number of hydrogen-bond donors (Lipinski definition) is 2. The van der Waals surface area contributed by atoms with Crippen molar-refractivity contribution < 1.29 is 0 Å². The Balaban J connectivity index is 3.18. The minimum absolute atomic E-state index is 0.735. The molecule has 0 bridgehead atoms. The summed E-state index contributed by atoms with van der Waals surface area (Å²) < 4.78 is 0. The van der Waals surface area contributed by atoms with Crippen molar-refractivity contribution in [3.05, 3.63) is 0 Å². The first-order valence-electron chi connectivity index (χ1n) is 5.06. The van der Waals surface area contributed by atoms with Crippen molar-refractivity contribution in [1.29, 1.82) is 0 Å². The maximum absolute atomic E-state index is 3.48. The van der Waals surface area contributed by atoms with Crippen LogP contribution in [0.3, 0.4) is 0 Å². The summed E-state index contributed by atoms with van der Waals surface area (Å²) in [5, 5.41) is 6.66. The quantitative estimate of drug-likeness (QED) is 0.608. The maximum Gasteiger partial charge on any atom is -0.00109 e. The monoisotopic (exact) mass is 172 g/mol. The van der Waals surface area contributed by atoms with Gasteiger partial charge in [0.1, 0.15) is 0 Å². The van der Waals surface area contributed by atoms with Gasteiger partial charge in [-0.3, -0.25) is 0 Å². The Labute approximate surface area is 77.1 Å². The molecule has 2 N–H and O–H groups in total. The Morgan fingerprint density at radius 2 is 1.58 bits per heavy atom. The van der Waals surface area contributed by atoms with Gasteiger partial charge in [-0.25, -0.2) is 0 Å². The SMILES string of the molecule is CCC(C)CNCC(C)CNC. The van der Waals surface area contributed by atoms with E-state index in [0.717, 1.165) is 31.5 Å². The second-order valence-electron chi connectivity index (χ2n) is 3.83. The molecule has 2 atom stereocenters.